The molecule has 124 valence electrons. The van der Waals surface area contributed by atoms with E-state index in [0.717, 1.165) is 30.5 Å². The molecular weight excluding hydrogens is 314 g/mol. The summed E-state index contributed by atoms with van der Waals surface area (Å²) in [5.74, 6) is 1.09. The van der Waals surface area contributed by atoms with Crippen LogP contribution in [0.25, 0.3) is 11.3 Å². The second kappa shape index (κ2) is 8.13. The number of hydrogen-bond donors (Lipinski definition) is 2. The first-order valence-corrected chi connectivity index (χ1v) is 7.76. The van der Waals surface area contributed by atoms with E-state index in [1.165, 1.54) is 0 Å². The number of nitrogens with zero attached hydrogens (tertiary/aromatic N) is 1. The van der Waals surface area contributed by atoms with Gasteiger partial charge < -0.3 is 15.6 Å². The van der Waals surface area contributed by atoms with Crippen LogP contribution in [0.4, 0.5) is 0 Å². The van der Waals surface area contributed by atoms with Gasteiger partial charge in [0.05, 0.1) is 6.54 Å². The molecule has 1 saturated carbocycles. The topological polar surface area (TPSA) is 81.2 Å². The molecule has 23 heavy (non-hydrogen) atoms. The van der Waals surface area contributed by atoms with Crippen LogP contribution in [-0.2, 0) is 11.3 Å². The van der Waals surface area contributed by atoms with E-state index < -0.39 is 0 Å². The summed E-state index contributed by atoms with van der Waals surface area (Å²) in [5.41, 5.74) is 7.51. The molecule has 1 aliphatic carbocycles. The second-order valence-electron chi connectivity index (χ2n) is 5.80. The Kier molecular flexibility index (Phi) is 6.19. The average molecular weight is 336 g/mol. The van der Waals surface area contributed by atoms with Gasteiger partial charge >= 0.3 is 0 Å². The molecule has 0 saturated heterocycles. The molecule has 1 aliphatic rings. The molecule has 0 unspecified atom stereocenters. The molecule has 5 nitrogen and oxygen atoms in total. The fraction of sp³-hybridized carbons (Fsp3) is 0.412. The van der Waals surface area contributed by atoms with E-state index in [1.807, 2.05) is 36.4 Å². The van der Waals surface area contributed by atoms with Crippen molar-refractivity contribution in [2.45, 2.75) is 25.8 Å². The first-order chi connectivity index (χ1) is 10.8. The lowest BCUT2D eigenvalue weighted by atomic mass is 9.95. The number of nitrogens with one attached hydrogen (secondary N) is 1. The van der Waals surface area contributed by atoms with Gasteiger partial charge in [0.2, 0.25) is 5.91 Å². The zero-order valence-electron chi connectivity index (χ0n) is 12.9. The first-order valence-electron chi connectivity index (χ1n) is 7.76. The van der Waals surface area contributed by atoms with Gasteiger partial charge in [-0.3, -0.25) is 4.79 Å². The molecule has 2 atom stereocenters. The van der Waals surface area contributed by atoms with E-state index >= 15 is 0 Å². The SMILES string of the molecule is Cl.NC[C@H]1CCC[C@H]1C(=O)NCc1cc(-c2ccccc2)no1. The molecule has 0 aliphatic heterocycles. The van der Waals surface area contributed by atoms with Gasteiger partial charge in [0.1, 0.15) is 5.69 Å². The molecule has 1 amide bonds. The van der Waals surface area contributed by atoms with Crippen molar-refractivity contribution in [1.29, 1.82) is 0 Å². The molecular formula is C17H22ClN3O2. The average Bonchev–Trinajstić information content (AvgIpc) is 3.22. The smallest absolute Gasteiger partial charge is 0.223 e. The van der Waals surface area contributed by atoms with Gasteiger partial charge in [-0.15, -0.1) is 12.4 Å². The van der Waals surface area contributed by atoms with Crippen molar-refractivity contribution in [3.05, 3.63) is 42.2 Å². The number of rotatable bonds is 5. The lowest BCUT2D eigenvalue weighted by Crippen LogP contribution is -2.34. The summed E-state index contributed by atoms with van der Waals surface area (Å²) in [5, 5.41) is 6.99. The van der Waals surface area contributed by atoms with Gasteiger partial charge in [-0.05, 0) is 25.3 Å². The summed E-state index contributed by atoms with van der Waals surface area (Å²) < 4.78 is 5.30. The molecule has 1 fully saturated rings. The van der Waals surface area contributed by atoms with Crippen LogP contribution in [0, 0.1) is 11.8 Å². The maximum atomic E-state index is 12.2. The standard InChI is InChI=1S/C17H21N3O2.ClH/c18-10-13-7-4-8-15(13)17(21)19-11-14-9-16(20-22-14)12-5-2-1-3-6-12;/h1-3,5-6,9,13,15H,4,7-8,10-11,18H2,(H,19,21);1H/t13-,15-;/m1./s1. The molecule has 1 heterocycles. The summed E-state index contributed by atoms with van der Waals surface area (Å²) in [6.45, 7) is 0.949. The highest BCUT2D eigenvalue weighted by atomic mass is 35.5. The van der Waals surface area contributed by atoms with Gasteiger partial charge in [-0.2, -0.15) is 0 Å². The van der Waals surface area contributed by atoms with Gasteiger partial charge in [0.15, 0.2) is 5.76 Å². The summed E-state index contributed by atoms with van der Waals surface area (Å²) in [6, 6.07) is 11.7. The molecule has 0 bridgehead atoms. The number of hydrogen-bond acceptors (Lipinski definition) is 4. The van der Waals surface area contributed by atoms with Gasteiger partial charge in [-0.1, -0.05) is 41.9 Å². The monoisotopic (exact) mass is 335 g/mol. The largest absolute Gasteiger partial charge is 0.359 e. The second-order valence-corrected chi connectivity index (χ2v) is 5.80. The third kappa shape index (κ3) is 4.12. The quantitative estimate of drug-likeness (QED) is 0.880. The van der Waals surface area contributed by atoms with Crippen LogP contribution in [0.5, 0.6) is 0 Å². The highest BCUT2D eigenvalue weighted by Gasteiger charge is 2.31. The van der Waals surface area contributed by atoms with Crippen molar-refractivity contribution in [3.63, 3.8) is 0 Å². The predicted molar refractivity (Wildman–Crippen MR) is 90.9 cm³/mol. The maximum Gasteiger partial charge on any atom is 0.223 e. The summed E-state index contributed by atoms with van der Waals surface area (Å²) >= 11 is 0. The van der Waals surface area contributed by atoms with E-state index in [0.29, 0.717) is 24.8 Å². The van der Waals surface area contributed by atoms with Crippen molar-refractivity contribution in [2.75, 3.05) is 6.54 Å². The van der Waals surface area contributed by atoms with E-state index in [9.17, 15) is 4.79 Å². The number of carbonyl (C=O) groups excluding carboxylic acids is 1. The Morgan fingerprint density at radius 3 is 2.83 bits per heavy atom. The number of nitrogens with two attached hydrogens (primary N) is 1. The number of carbonyl (C=O) groups is 1. The zero-order chi connectivity index (χ0) is 15.4. The summed E-state index contributed by atoms with van der Waals surface area (Å²) in [4.78, 5) is 12.2. The maximum absolute atomic E-state index is 12.2. The van der Waals surface area contributed by atoms with Crippen molar-refractivity contribution in [1.82, 2.24) is 10.5 Å². The fourth-order valence-corrected chi connectivity index (χ4v) is 3.11. The number of halogens is 1. The molecule has 1 aromatic carbocycles. The minimum absolute atomic E-state index is 0. The molecule has 2 aromatic rings. The lowest BCUT2D eigenvalue weighted by Gasteiger charge is -2.16. The van der Waals surface area contributed by atoms with Gasteiger partial charge in [-0.25, -0.2) is 0 Å². The number of aromatic nitrogens is 1. The molecule has 6 heteroatoms. The van der Waals surface area contributed by atoms with Crippen molar-refractivity contribution in [3.8, 4) is 11.3 Å². The molecule has 0 spiro atoms. The zero-order valence-corrected chi connectivity index (χ0v) is 13.7. The van der Waals surface area contributed by atoms with Crippen LogP contribution in [0.15, 0.2) is 40.9 Å². The van der Waals surface area contributed by atoms with Crippen LogP contribution in [0.3, 0.4) is 0 Å². The molecule has 3 N–H and O–H groups in total. The van der Waals surface area contributed by atoms with Crippen LogP contribution < -0.4 is 11.1 Å². The Morgan fingerprint density at radius 2 is 2.09 bits per heavy atom. The van der Waals surface area contributed by atoms with E-state index in [-0.39, 0.29) is 24.2 Å². The third-order valence-corrected chi connectivity index (χ3v) is 4.36. The Labute approximate surface area is 142 Å². The van der Waals surface area contributed by atoms with Gasteiger partial charge in [0, 0.05) is 17.5 Å². The van der Waals surface area contributed by atoms with Crippen LogP contribution >= 0.6 is 12.4 Å². The Bertz CT molecular complexity index is 630. The third-order valence-electron chi connectivity index (χ3n) is 4.36. The lowest BCUT2D eigenvalue weighted by molar-refractivity contribution is -0.126. The van der Waals surface area contributed by atoms with Crippen molar-refractivity contribution >= 4 is 18.3 Å². The molecule has 3 rings (SSSR count). The predicted octanol–water partition coefficient (Wildman–Crippen LogP) is 2.75. The minimum atomic E-state index is 0. The van der Waals surface area contributed by atoms with Crippen LogP contribution in [0.1, 0.15) is 25.0 Å². The molecule has 0 radical (unpaired) electrons. The van der Waals surface area contributed by atoms with Crippen LogP contribution in [0.2, 0.25) is 0 Å². The highest BCUT2D eigenvalue weighted by Crippen LogP contribution is 2.31. The van der Waals surface area contributed by atoms with Gasteiger partial charge in [0.25, 0.3) is 0 Å². The summed E-state index contributed by atoms with van der Waals surface area (Å²) in [6.07, 6.45) is 3.06. The Balaban J connectivity index is 0.00000192. The Hall–Kier alpha value is -1.85. The van der Waals surface area contributed by atoms with Crippen molar-refractivity contribution in [2.24, 2.45) is 17.6 Å². The highest BCUT2D eigenvalue weighted by molar-refractivity contribution is 5.85. The fourth-order valence-electron chi connectivity index (χ4n) is 3.11. The summed E-state index contributed by atoms with van der Waals surface area (Å²) in [7, 11) is 0. The van der Waals surface area contributed by atoms with Crippen molar-refractivity contribution < 1.29 is 9.32 Å². The minimum Gasteiger partial charge on any atom is -0.359 e. The van der Waals surface area contributed by atoms with E-state index in [4.69, 9.17) is 10.3 Å². The van der Waals surface area contributed by atoms with E-state index in [1.54, 1.807) is 0 Å². The van der Waals surface area contributed by atoms with E-state index in [2.05, 4.69) is 10.5 Å². The van der Waals surface area contributed by atoms with Crippen LogP contribution in [-0.4, -0.2) is 17.6 Å². The molecule has 1 aromatic heterocycles. The Morgan fingerprint density at radius 1 is 1.30 bits per heavy atom. The first kappa shape index (κ1) is 17.5. The normalized spacial score (nSPS) is 20.0. The number of benzene rings is 1. The number of amides is 1.